The Balaban J connectivity index is 2.42. The number of piperidine rings is 1. The Kier molecular flexibility index (Phi) is 4.12. The second-order valence-electron chi connectivity index (χ2n) is 6.25. The van der Waals surface area contributed by atoms with Gasteiger partial charge in [0.15, 0.2) is 0 Å². The van der Waals surface area contributed by atoms with E-state index in [0.717, 1.165) is 6.07 Å². The molecule has 1 aliphatic rings. The SMILES string of the molecule is Cc1cc(S(=O)(=O)N2CCC(N)C(C)(C)C2)c(F)cc1F. The molecule has 1 saturated heterocycles. The fourth-order valence-electron chi connectivity index (χ4n) is 2.50. The average Bonchev–Trinajstić information content (AvgIpc) is 2.36. The standard InChI is InChI=1S/C14H20F2N2O2S/c1-9-6-12(11(16)7-10(9)15)21(19,20)18-5-4-13(17)14(2,3)8-18/h6-7,13H,4-5,8,17H2,1-3H3. The molecule has 0 saturated carbocycles. The first-order valence-corrected chi connectivity index (χ1v) is 8.21. The van der Waals surface area contributed by atoms with Crippen LogP contribution in [0.25, 0.3) is 0 Å². The third-order valence-corrected chi connectivity index (χ3v) is 5.97. The molecule has 0 spiro atoms. The van der Waals surface area contributed by atoms with E-state index in [2.05, 4.69) is 0 Å². The van der Waals surface area contributed by atoms with Gasteiger partial charge in [-0.05, 0) is 30.4 Å². The van der Waals surface area contributed by atoms with Crippen molar-refractivity contribution < 1.29 is 17.2 Å². The molecule has 1 aromatic carbocycles. The van der Waals surface area contributed by atoms with Crippen LogP contribution in [0, 0.1) is 24.0 Å². The van der Waals surface area contributed by atoms with Gasteiger partial charge in [0.25, 0.3) is 0 Å². The van der Waals surface area contributed by atoms with Crippen molar-refractivity contribution >= 4 is 10.0 Å². The number of nitrogens with zero attached hydrogens (tertiary/aromatic N) is 1. The quantitative estimate of drug-likeness (QED) is 0.907. The molecule has 118 valence electrons. The van der Waals surface area contributed by atoms with Crippen LogP contribution in [0.5, 0.6) is 0 Å². The molecular formula is C14H20F2N2O2S. The van der Waals surface area contributed by atoms with E-state index in [1.807, 2.05) is 13.8 Å². The highest BCUT2D eigenvalue weighted by molar-refractivity contribution is 7.89. The second kappa shape index (κ2) is 5.30. The summed E-state index contributed by atoms with van der Waals surface area (Å²) in [4.78, 5) is -0.479. The van der Waals surface area contributed by atoms with Crippen molar-refractivity contribution in [3.63, 3.8) is 0 Å². The highest BCUT2D eigenvalue weighted by Gasteiger charge is 2.39. The zero-order valence-corrected chi connectivity index (χ0v) is 13.2. The first-order valence-electron chi connectivity index (χ1n) is 6.77. The molecule has 0 aromatic heterocycles. The molecule has 1 atom stereocenters. The van der Waals surface area contributed by atoms with Crippen LogP contribution in [-0.2, 0) is 10.0 Å². The minimum absolute atomic E-state index is 0.1000. The molecule has 7 heteroatoms. The number of benzene rings is 1. The first-order chi connectivity index (χ1) is 9.55. The van der Waals surface area contributed by atoms with Crippen molar-refractivity contribution in [3.8, 4) is 0 Å². The lowest BCUT2D eigenvalue weighted by atomic mass is 9.81. The fourth-order valence-corrected chi connectivity index (χ4v) is 4.26. The summed E-state index contributed by atoms with van der Waals surface area (Å²) < 4.78 is 53.6. The van der Waals surface area contributed by atoms with Gasteiger partial charge in [0, 0.05) is 25.2 Å². The molecular weight excluding hydrogens is 298 g/mol. The van der Waals surface area contributed by atoms with E-state index in [9.17, 15) is 17.2 Å². The topological polar surface area (TPSA) is 63.4 Å². The van der Waals surface area contributed by atoms with Crippen LogP contribution >= 0.6 is 0 Å². The largest absolute Gasteiger partial charge is 0.327 e. The van der Waals surface area contributed by atoms with Crippen molar-refractivity contribution in [2.24, 2.45) is 11.1 Å². The molecule has 1 aromatic rings. The van der Waals surface area contributed by atoms with E-state index in [1.165, 1.54) is 11.2 Å². The Bertz CT molecular complexity index is 659. The lowest BCUT2D eigenvalue weighted by molar-refractivity contribution is 0.155. The third kappa shape index (κ3) is 2.95. The van der Waals surface area contributed by atoms with Gasteiger partial charge in [-0.3, -0.25) is 0 Å². The van der Waals surface area contributed by atoms with Crippen LogP contribution < -0.4 is 5.73 Å². The number of hydrogen-bond acceptors (Lipinski definition) is 3. The van der Waals surface area contributed by atoms with Gasteiger partial charge in [-0.15, -0.1) is 0 Å². The summed E-state index contributed by atoms with van der Waals surface area (Å²) in [5, 5.41) is 0. The van der Waals surface area contributed by atoms with E-state index in [-0.39, 0.29) is 24.7 Å². The number of aryl methyl sites for hydroxylation is 1. The molecule has 0 amide bonds. The molecule has 4 nitrogen and oxygen atoms in total. The minimum Gasteiger partial charge on any atom is -0.327 e. The molecule has 1 unspecified atom stereocenters. The number of nitrogens with two attached hydrogens (primary N) is 1. The molecule has 21 heavy (non-hydrogen) atoms. The zero-order valence-electron chi connectivity index (χ0n) is 12.4. The van der Waals surface area contributed by atoms with Crippen LogP contribution in [0.2, 0.25) is 0 Å². The fraction of sp³-hybridized carbons (Fsp3) is 0.571. The lowest BCUT2D eigenvalue weighted by Crippen LogP contribution is -2.53. The number of sulfonamides is 1. The molecule has 2 rings (SSSR count). The Labute approximate surface area is 124 Å². The van der Waals surface area contributed by atoms with Crippen LogP contribution in [0.15, 0.2) is 17.0 Å². The summed E-state index contributed by atoms with van der Waals surface area (Å²) >= 11 is 0. The maximum absolute atomic E-state index is 13.9. The lowest BCUT2D eigenvalue weighted by Gasteiger charge is -2.41. The predicted molar refractivity (Wildman–Crippen MR) is 76.2 cm³/mol. The molecule has 0 bridgehead atoms. The maximum atomic E-state index is 13.9. The smallest absolute Gasteiger partial charge is 0.246 e. The first kappa shape index (κ1) is 16.3. The predicted octanol–water partition coefficient (Wildman–Crippen LogP) is 2.02. The highest BCUT2D eigenvalue weighted by atomic mass is 32.2. The molecule has 1 aliphatic heterocycles. The Hall–Kier alpha value is -1.05. The molecule has 1 heterocycles. The van der Waals surface area contributed by atoms with Crippen molar-refractivity contribution in [1.82, 2.24) is 4.31 Å². The van der Waals surface area contributed by atoms with Crippen LogP contribution in [0.4, 0.5) is 8.78 Å². The monoisotopic (exact) mass is 318 g/mol. The Morgan fingerprint density at radius 3 is 2.48 bits per heavy atom. The van der Waals surface area contributed by atoms with Gasteiger partial charge >= 0.3 is 0 Å². The van der Waals surface area contributed by atoms with Crippen molar-refractivity contribution in [3.05, 3.63) is 29.3 Å². The minimum atomic E-state index is -3.99. The normalized spacial score (nSPS) is 23.2. The molecule has 2 N–H and O–H groups in total. The van der Waals surface area contributed by atoms with Gasteiger partial charge in [-0.2, -0.15) is 4.31 Å². The summed E-state index contributed by atoms with van der Waals surface area (Å²) in [5.74, 6) is -1.82. The number of rotatable bonds is 2. The van der Waals surface area contributed by atoms with E-state index in [1.54, 1.807) is 0 Å². The molecule has 1 fully saturated rings. The summed E-state index contributed by atoms with van der Waals surface area (Å²) in [6, 6.07) is 1.55. The van der Waals surface area contributed by atoms with Gasteiger partial charge < -0.3 is 5.73 Å². The van der Waals surface area contributed by atoms with Crippen molar-refractivity contribution in [2.75, 3.05) is 13.1 Å². The zero-order chi connectivity index (χ0) is 16.0. The average molecular weight is 318 g/mol. The molecule has 0 aliphatic carbocycles. The van der Waals surface area contributed by atoms with Crippen LogP contribution in [0.3, 0.4) is 0 Å². The summed E-state index contributed by atoms with van der Waals surface area (Å²) in [6.45, 7) is 5.62. The van der Waals surface area contributed by atoms with Crippen LogP contribution in [-0.4, -0.2) is 31.9 Å². The van der Waals surface area contributed by atoms with Gasteiger partial charge in [0.05, 0.1) is 0 Å². The van der Waals surface area contributed by atoms with Gasteiger partial charge in [0.2, 0.25) is 10.0 Å². The highest BCUT2D eigenvalue weighted by Crippen LogP contribution is 2.32. The Morgan fingerprint density at radius 1 is 1.29 bits per heavy atom. The Morgan fingerprint density at radius 2 is 1.90 bits per heavy atom. The molecule has 0 radical (unpaired) electrons. The number of halogens is 2. The maximum Gasteiger partial charge on any atom is 0.246 e. The third-order valence-electron chi connectivity index (χ3n) is 4.11. The van der Waals surface area contributed by atoms with E-state index < -0.39 is 32.0 Å². The van der Waals surface area contributed by atoms with E-state index in [4.69, 9.17) is 5.73 Å². The van der Waals surface area contributed by atoms with Crippen LogP contribution in [0.1, 0.15) is 25.8 Å². The second-order valence-corrected chi connectivity index (χ2v) is 8.16. The van der Waals surface area contributed by atoms with Crippen molar-refractivity contribution in [2.45, 2.75) is 38.1 Å². The van der Waals surface area contributed by atoms with Crippen molar-refractivity contribution in [1.29, 1.82) is 0 Å². The van der Waals surface area contributed by atoms with Gasteiger partial charge in [-0.25, -0.2) is 17.2 Å². The summed E-state index contributed by atoms with van der Waals surface area (Å²) in [6.07, 6.45) is 0.508. The number of hydrogen-bond donors (Lipinski definition) is 1. The van der Waals surface area contributed by atoms with E-state index in [0.29, 0.717) is 12.5 Å². The van der Waals surface area contributed by atoms with E-state index >= 15 is 0 Å². The van der Waals surface area contributed by atoms with Gasteiger partial charge in [-0.1, -0.05) is 13.8 Å². The summed E-state index contributed by atoms with van der Waals surface area (Å²) in [5.41, 5.74) is 5.69. The summed E-state index contributed by atoms with van der Waals surface area (Å²) in [7, 11) is -3.99. The van der Waals surface area contributed by atoms with Gasteiger partial charge in [0.1, 0.15) is 16.5 Å².